The van der Waals surface area contributed by atoms with Gasteiger partial charge in [0.2, 0.25) is 0 Å². The number of hydrogen-bond acceptors (Lipinski definition) is 3. The fourth-order valence-corrected chi connectivity index (χ4v) is 5.14. The third-order valence-corrected chi connectivity index (χ3v) is 7.07. The van der Waals surface area contributed by atoms with Crippen LogP contribution >= 0.6 is 0 Å². The van der Waals surface area contributed by atoms with Crippen LogP contribution in [0.15, 0.2) is 54.7 Å². The molecular formula is C27H30N4O3. The van der Waals surface area contributed by atoms with Crippen molar-refractivity contribution >= 4 is 34.4 Å². The molecule has 1 saturated heterocycles. The summed E-state index contributed by atoms with van der Waals surface area (Å²) in [6, 6.07) is 14.1. The first-order valence-corrected chi connectivity index (χ1v) is 11.7. The lowest BCUT2D eigenvalue weighted by Gasteiger charge is -2.27. The monoisotopic (exact) mass is 458 g/mol. The minimum atomic E-state index is -0.620. The van der Waals surface area contributed by atoms with Crippen molar-refractivity contribution in [2.24, 2.45) is 11.7 Å². The second-order valence-electron chi connectivity index (χ2n) is 10.5. The van der Waals surface area contributed by atoms with Crippen LogP contribution in [0.3, 0.4) is 0 Å². The van der Waals surface area contributed by atoms with Gasteiger partial charge in [0.15, 0.2) is 5.78 Å². The molecule has 2 fully saturated rings. The molecule has 1 aliphatic carbocycles. The highest BCUT2D eigenvalue weighted by molar-refractivity contribution is 6.05. The molecule has 1 aliphatic heterocycles. The number of urea groups is 1. The fraction of sp³-hybridized carbons (Fsp3) is 0.370. The molecule has 2 aromatic carbocycles. The molecule has 7 nitrogen and oxygen atoms in total. The van der Waals surface area contributed by atoms with E-state index in [0.717, 1.165) is 17.4 Å². The average molecular weight is 459 g/mol. The predicted octanol–water partition coefficient (Wildman–Crippen LogP) is 4.67. The number of rotatable bonds is 4. The number of likely N-dealkylation sites (tertiary alicyclic amines) is 1. The smallest absolute Gasteiger partial charge is 0.323 e. The maximum atomic E-state index is 13.4. The summed E-state index contributed by atoms with van der Waals surface area (Å²) in [4.78, 5) is 40.3. The standard InChI is InChI=1S/C27H30N4O3/c1-27(2,3)18-8-6-7-16(11-18)12-24(32)23-14-17-13-22(17)31(23)26(34)29-20-15-30(25(28)33)21-10-5-4-9-19(20)21/h4-11,15,17,22-23H,12-14H2,1-3H3,(H2,28,33)(H,29,34)/t17?,22?,23-/m0/s1. The van der Waals surface area contributed by atoms with Crippen molar-refractivity contribution in [3.05, 3.63) is 65.9 Å². The quantitative estimate of drug-likeness (QED) is 0.594. The van der Waals surface area contributed by atoms with Gasteiger partial charge in [-0.3, -0.25) is 9.36 Å². The highest BCUT2D eigenvalue weighted by Gasteiger charge is 2.55. The summed E-state index contributed by atoms with van der Waals surface area (Å²) in [7, 11) is 0. The van der Waals surface area contributed by atoms with Crippen LogP contribution in [0.1, 0.15) is 44.7 Å². The van der Waals surface area contributed by atoms with Crippen LogP contribution in [0.5, 0.6) is 0 Å². The minimum absolute atomic E-state index is 0.00403. The largest absolute Gasteiger partial charge is 0.351 e. The first-order valence-electron chi connectivity index (χ1n) is 11.7. The van der Waals surface area contributed by atoms with E-state index in [0.29, 0.717) is 30.0 Å². The maximum Gasteiger partial charge on any atom is 0.323 e. The van der Waals surface area contributed by atoms with Crippen LogP contribution in [0.4, 0.5) is 15.3 Å². The fourth-order valence-electron chi connectivity index (χ4n) is 5.14. The number of benzene rings is 2. The topological polar surface area (TPSA) is 97.4 Å². The van der Waals surface area contributed by atoms with Crippen LogP contribution in [-0.4, -0.2) is 39.4 Å². The number of para-hydroxylation sites is 1. The van der Waals surface area contributed by atoms with E-state index in [1.54, 1.807) is 17.2 Å². The van der Waals surface area contributed by atoms with Crippen molar-refractivity contribution < 1.29 is 14.4 Å². The van der Waals surface area contributed by atoms with E-state index < -0.39 is 12.1 Å². The molecular weight excluding hydrogens is 428 g/mol. The van der Waals surface area contributed by atoms with Gasteiger partial charge in [0.25, 0.3) is 0 Å². The highest BCUT2D eigenvalue weighted by Crippen LogP contribution is 2.48. The van der Waals surface area contributed by atoms with Crippen molar-refractivity contribution in [1.82, 2.24) is 9.47 Å². The number of fused-ring (bicyclic) bond motifs is 2. The van der Waals surface area contributed by atoms with Gasteiger partial charge in [-0.05, 0) is 41.4 Å². The van der Waals surface area contributed by atoms with Crippen LogP contribution in [-0.2, 0) is 16.6 Å². The number of carbonyl (C=O) groups is 3. The van der Waals surface area contributed by atoms with E-state index >= 15 is 0 Å². The Hall–Kier alpha value is -3.61. The van der Waals surface area contributed by atoms with E-state index in [1.807, 2.05) is 30.3 Å². The van der Waals surface area contributed by atoms with Gasteiger partial charge in [-0.15, -0.1) is 0 Å². The summed E-state index contributed by atoms with van der Waals surface area (Å²) in [5.74, 6) is 0.445. The van der Waals surface area contributed by atoms with E-state index in [4.69, 9.17) is 5.73 Å². The third kappa shape index (κ3) is 3.95. The van der Waals surface area contributed by atoms with E-state index in [9.17, 15) is 14.4 Å². The molecule has 34 heavy (non-hydrogen) atoms. The molecule has 0 radical (unpaired) electrons. The Kier molecular flexibility index (Phi) is 5.23. The molecule has 3 amide bonds. The van der Waals surface area contributed by atoms with Crippen LogP contribution in [0, 0.1) is 5.92 Å². The van der Waals surface area contributed by atoms with Gasteiger partial charge < -0.3 is 16.0 Å². The molecule has 0 bridgehead atoms. The van der Waals surface area contributed by atoms with Gasteiger partial charge in [-0.25, -0.2) is 9.59 Å². The Bertz CT molecular complexity index is 1300. The molecule has 0 spiro atoms. The third-order valence-electron chi connectivity index (χ3n) is 7.07. The number of primary amides is 1. The zero-order chi connectivity index (χ0) is 24.2. The molecule has 3 atom stereocenters. The number of Topliss-reactive ketones (excluding diaryl/α,β-unsaturated/α-hetero) is 1. The van der Waals surface area contributed by atoms with Crippen LogP contribution in [0.2, 0.25) is 0 Å². The summed E-state index contributed by atoms with van der Waals surface area (Å²) in [5.41, 5.74) is 8.80. The normalized spacial score (nSPS) is 21.4. The van der Waals surface area contributed by atoms with Gasteiger partial charge in [-0.2, -0.15) is 0 Å². The van der Waals surface area contributed by atoms with Gasteiger partial charge in [0, 0.05) is 24.0 Å². The summed E-state index contributed by atoms with van der Waals surface area (Å²) in [6.45, 7) is 6.46. The Labute approximate surface area is 198 Å². The summed E-state index contributed by atoms with van der Waals surface area (Å²) in [6.07, 6.45) is 3.48. The van der Waals surface area contributed by atoms with Crippen molar-refractivity contribution in [2.75, 3.05) is 5.32 Å². The Morgan fingerprint density at radius 1 is 1.06 bits per heavy atom. The highest BCUT2D eigenvalue weighted by atomic mass is 16.2. The number of nitrogens with two attached hydrogens (primary N) is 1. The summed E-state index contributed by atoms with van der Waals surface area (Å²) >= 11 is 0. The molecule has 3 N–H and O–H groups in total. The number of anilines is 1. The molecule has 1 saturated carbocycles. The lowest BCUT2D eigenvalue weighted by molar-refractivity contribution is -0.122. The van der Waals surface area contributed by atoms with Crippen molar-refractivity contribution in [3.8, 4) is 0 Å². The van der Waals surface area contributed by atoms with Gasteiger partial charge in [-0.1, -0.05) is 63.2 Å². The Balaban J connectivity index is 1.36. The number of nitrogens with zero attached hydrogens (tertiary/aromatic N) is 2. The molecule has 2 heterocycles. The number of nitrogens with one attached hydrogen (secondary N) is 1. The first kappa shape index (κ1) is 22.2. The van der Waals surface area contributed by atoms with Crippen molar-refractivity contribution in [3.63, 3.8) is 0 Å². The van der Waals surface area contributed by atoms with Gasteiger partial charge in [0.05, 0.1) is 17.2 Å². The Morgan fingerprint density at radius 3 is 2.56 bits per heavy atom. The van der Waals surface area contributed by atoms with Crippen molar-refractivity contribution in [2.45, 2.75) is 57.5 Å². The summed E-state index contributed by atoms with van der Waals surface area (Å²) in [5, 5.41) is 3.67. The minimum Gasteiger partial charge on any atom is -0.351 e. The number of carbonyl (C=O) groups excluding carboxylic acids is 3. The zero-order valence-corrected chi connectivity index (χ0v) is 19.7. The van der Waals surface area contributed by atoms with Gasteiger partial charge in [0.1, 0.15) is 0 Å². The SMILES string of the molecule is CC(C)(C)c1cccc(CC(=O)[C@@H]2CC3CC3N2C(=O)Nc2cn(C(N)=O)c3ccccc23)c1. The van der Waals surface area contributed by atoms with Crippen LogP contribution in [0.25, 0.3) is 10.9 Å². The van der Waals surface area contributed by atoms with E-state index in [1.165, 1.54) is 10.1 Å². The lowest BCUT2D eigenvalue weighted by Crippen LogP contribution is -2.45. The van der Waals surface area contributed by atoms with E-state index in [2.05, 4.69) is 38.2 Å². The maximum absolute atomic E-state index is 13.4. The number of ketones is 1. The molecule has 176 valence electrons. The van der Waals surface area contributed by atoms with Gasteiger partial charge >= 0.3 is 12.1 Å². The Morgan fingerprint density at radius 2 is 1.82 bits per heavy atom. The molecule has 2 aliphatic rings. The van der Waals surface area contributed by atoms with Crippen LogP contribution < -0.4 is 11.1 Å². The predicted molar refractivity (Wildman–Crippen MR) is 132 cm³/mol. The molecule has 7 heteroatoms. The average Bonchev–Trinajstić information content (AvgIpc) is 3.29. The molecule has 5 rings (SSSR count). The zero-order valence-electron chi connectivity index (χ0n) is 19.7. The summed E-state index contributed by atoms with van der Waals surface area (Å²) < 4.78 is 1.32. The molecule has 3 aromatic rings. The molecule has 2 unspecified atom stereocenters. The van der Waals surface area contributed by atoms with E-state index in [-0.39, 0.29) is 23.3 Å². The second kappa shape index (κ2) is 8.01. The number of aromatic nitrogens is 1. The molecule has 1 aromatic heterocycles. The number of hydrogen-bond donors (Lipinski definition) is 2. The van der Waals surface area contributed by atoms with Crippen molar-refractivity contribution in [1.29, 1.82) is 0 Å². The first-order chi connectivity index (χ1) is 16.1. The second-order valence-corrected chi connectivity index (χ2v) is 10.5. The lowest BCUT2D eigenvalue weighted by atomic mass is 9.85. The number of piperidine rings is 1. The number of amides is 3.